The zero-order valence-electron chi connectivity index (χ0n) is 7.23. The normalized spacial score (nSPS) is 10.3. The number of aromatic amines is 1. The summed E-state index contributed by atoms with van der Waals surface area (Å²) in [6, 6.07) is 3.96. The first-order valence-corrected chi connectivity index (χ1v) is 4.87. The van der Waals surface area contributed by atoms with Crippen molar-refractivity contribution in [1.29, 1.82) is 0 Å². The Morgan fingerprint density at radius 3 is 3.00 bits per heavy atom. The Bertz CT molecular complexity index is 434. The van der Waals surface area contributed by atoms with Crippen LogP contribution in [0.2, 0.25) is 0 Å². The molecule has 0 bridgehead atoms. The van der Waals surface area contributed by atoms with E-state index in [2.05, 4.69) is 15.2 Å². The van der Waals surface area contributed by atoms with Gasteiger partial charge in [0, 0.05) is 11.3 Å². The Morgan fingerprint density at radius 1 is 1.57 bits per heavy atom. The number of primary amides is 1. The average Bonchev–Trinajstić information content (AvgIpc) is 2.75. The number of H-pyrrole nitrogens is 1. The Morgan fingerprint density at radius 2 is 2.43 bits per heavy atom. The molecule has 0 aliphatic heterocycles. The maximum atomic E-state index is 10.7. The lowest BCUT2D eigenvalue weighted by Gasteiger charge is -1.89. The summed E-state index contributed by atoms with van der Waals surface area (Å²) in [5.74, 6) is 0.174. The monoisotopic (exact) mass is 208 g/mol. The van der Waals surface area contributed by atoms with Gasteiger partial charge in [0.05, 0.1) is 0 Å². The molecule has 0 spiro atoms. The third-order valence-corrected chi connectivity index (χ3v) is 2.56. The second kappa shape index (κ2) is 3.59. The van der Waals surface area contributed by atoms with Gasteiger partial charge in [-0.05, 0) is 11.4 Å². The number of amides is 1. The molecular formula is C8H8N4OS. The van der Waals surface area contributed by atoms with E-state index in [0.29, 0.717) is 12.2 Å². The summed E-state index contributed by atoms with van der Waals surface area (Å²) < 4.78 is 0. The van der Waals surface area contributed by atoms with Crippen LogP contribution in [0, 0.1) is 0 Å². The van der Waals surface area contributed by atoms with Gasteiger partial charge in [0.15, 0.2) is 0 Å². The molecule has 0 radical (unpaired) electrons. The van der Waals surface area contributed by atoms with Crippen molar-refractivity contribution in [1.82, 2.24) is 15.2 Å². The van der Waals surface area contributed by atoms with Gasteiger partial charge in [-0.15, -0.1) is 21.5 Å². The van der Waals surface area contributed by atoms with Crippen molar-refractivity contribution in [2.45, 2.75) is 6.42 Å². The van der Waals surface area contributed by atoms with Crippen LogP contribution in [-0.2, 0) is 6.42 Å². The predicted molar refractivity (Wildman–Crippen MR) is 52.0 cm³/mol. The van der Waals surface area contributed by atoms with Gasteiger partial charge in [-0.1, -0.05) is 6.07 Å². The molecule has 2 rings (SSSR count). The van der Waals surface area contributed by atoms with Crippen LogP contribution >= 0.6 is 11.3 Å². The summed E-state index contributed by atoms with van der Waals surface area (Å²) in [6.07, 6.45) is 0.651. The summed E-state index contributed by atoms with van der Waals surface area (Å²) in [5.41, 5.74) is 5.03. The molecule has 0 aliphatic rings. The highest BCUT2D eigenvalue weighted by Gasteiger charge is 2.07. The average molecular weight is 208 g/mol. The van der Waals surface area contributed by atoms with E-state index in [9.17, 15) is 4.79 Å². The molecule has 2 aromatic rings. The molecule has 0 fully saturated rings. The van der Waals surface area contributed by atoms with E-state index in [0.717, 1.165) is 4.88 Å². The highest BCUT2D eigenvalue weighted by atomic mass is 32.1. The number of aromatic nitrogens is 3. The number of hydrogen-bond acceptors (Lipinski definition) is 4. The molecule has 0 atom stereocenters. The van der Waals surface area contributed by atoms with Crippen molar-refractivity contribution < 1.29 is 4.79 Å². The first-order valence-electron chi connectivity index (χ1n) is 3.99. The molecule has 0 unspecified atom stereocenters. The lowest BCUT2D eigenvalue weighted by atomic mass is 10.3. The first-order chi connectivity index (χ1) is 6.75. The Hall–Kier alpha value is -1.69. The van der Waals surface area contributed by atoms with Crippen LogP contribution in [0.15, 0.2) is 17.5 Å². The molecule has 3 N–H and O–H groups in total. The van der Waals surface area contributed by atoms with Crippen LogP contribution in [0.4, 0.5) is 0 Å². The van der Waals surface area contributed by atoms with E-state index in [1.54, 1.807) is 11.3 Å². The van der Waals surface area contributed by atoms with Gasteiger partial charge in [0.1, 0.15) is 5.82 Å². The number of carbonyl (C=O) groups excluding carboxylic acids is 1. The van der Waals surface area contributed by atoms with Crippen LogP contribution in [0.25, 0.3) is 0 Å². The van der Waals surface area contributed by atoms with Gasteiger partial charge >= 0.3 is 0 Å². The van der Waals surface area contributed by atoms with Gasteiger partial charge in [-0.2, -0.15) is 0 Å². The number of rotatable bonds is 3. The van der Waals surface area contributed by atoms with E-state index in [1.165, 1.54) is 0 Å². The van der Waals surface area contributed by atoms with E-state index in [1.807, 2.05) is 17.5 Å². The molecule has 5 nitrogen and oxygen atoms in total. The number of carbonyl (C=O) groups is 1. The maximum Gasteiger partial charge on any atom is 0.286 e. The molecule has 72 valence electrons. The number of nitrogens with one attached hydrogen (secondary N) is 1. The van der Waals surface area contributed by atoms with E-state index >= 15 is 0 Å². The van der Waals surface area contributed by atoms with Crippen molar-refractivity contribution in [2.75, 3.05) is 0 Å². The third kappa shape index (κ3) is 1.80. The Balaban J connectivity index is 2.14. The van der Waals surface area contributed by atoms with Crippen molar-refractivity contribution in [3.63, 3.8) is 0 Å². The van der Waals surface area contributed by atoms with Crippen molar-refractivity contribution in [3.05, 3.63) is 34.0 Å². The minimum atomic E-state index is -0.588. The summed E-state index contributed by atoms with van der Waals surface area (Å²) >= 11 is 1.63. The highest BCUT2D eigenvalue weighted by Crippen LogP contribution is 2.11. The van der Waals surface area contributed by atoms with Crippen molar-refractivity contribution >= 4 is 17.2 Å². The minimum Gasteiger partial charge on any atom is -0.363 e. The molecule has 2 heterocycles. The van der Waals surface area contributed by atoms with Gasteiger partial charge in [-0.25, -0.2) is 0 Å². The Kier molecular flexibility index (Phi) is 2.28. The summed E-state index contributed by atoms with van der Waals surface area (Å²) in [4.78, 5) is 14.6. The molecule has 14 heavy (non-hydrogen) atoms. The number of hydrogen-bond donors (Lipinski definition) is 2. The number of thiophene rings is 1. The van der Waals surface area contributed by atoms with Crippen LogP contribution in [0.1, 0.15) is 21.3 Å². The molecule has 0 aromatic carbocycles. The van der Waals surface area contributed by atoms with Crippen LogP contribution < -0.4 is 5.73 Å². The lowest BCUT2D eigenvalue weighted by molar-refractivity contribution is 0.0991. The largest absolute Gasteiger partial charge is 0.363 e. The zero-order chi connectivity index (χ0) is 9.97. The summed E-state index contributed by atoms with van der Waals surface area (Å²) in [6.45, 7) is 0. The van der Waals surface area contributed by atoms with Crippen LogP contribution in [0.5, 0.6) is 0 Å². The SMILES string of the molecule is NC(=O)c1nnc(Cc2cccs2)[nH]1. The van der Waals surface area contributed by atoms with Crippen LogP contribution in [0.3, 0.4) is 0 Å². The highest BCUT2D eigenvalue weighted by molar-refractivity contribution is 7.09. The fourth-order valence-corrected chi connectivity index (χ4v) is 1.77. The van der Waals surface area contributed by atoms with Gasteiger partial charge < -0.3 is 10.7 Å². The standard InChI is InChI=1S/C8H8N4OS/c9-7(13)8-10-6(11-12-8)4-5-2-1-3-14-5/h1-3H,4H2,(H2,9,13)(H,10,11,12). The molecule has 0 saturated carbocycles. The smallest absolute Gasteiger partial charge is 0.286 e. The van der Waals surface area contributed by atoms with Crippen LogP contribution in [-0.4, -0.2) is 21.1 Å². The molecule has 0 saturated heterocycles. The quantitative estimate of drug-likeness (QED) is 0.772. The van der Waals surface area contributed by atoms with E-state index in [-0.39, 0.29) is 5.82 Å². The lowest BCUT2D eigenvalue weighted by Crippen LogP contribution is -2.12. The van der Waals surface area contributed by atoms with Gasteiger partial charge in [0.25, 0.3) is 5.91 Å². The van der Waals surface area contributed by atoms with Gasteiger partial charge in [0.2, 0.25) is 5.82 Å². The molecule has 6 heteroatoms. The predicted octanol–water partition coefficient (Wildman–Crippen LogP) is 0.556. The second-order valence-corrected chi connectivity index (χ2v) is 3.77. The maximum absolute atomic E-state index is 10.7. The first kappa shape index (κ1) is 8.89. The summed E-state index contributed by atoms with van der Waals surface area (Å²) in [7, 11) is 0. The van der Waals surface area contributed by atoms with E-state index < -0.39 is 5.91 Å². The fraction of sp³-hybridized carbons (Fsp3) is 0.125. The molecule has 0 aliphatic carbocycles. The van der Waals surface area contributed by atoms with Gasteiger partial charge in [-0.3, -0.25) is 4.79 Å². The Labute approximate surface area is 84.0 Å². The van der Waals surface area contributed by atoms with E-state index in [4.69, 9.17) is 5.73 Å². The molecule has 2 aromatic heterocycles. The number of nitrogens with zero attached hydrogens (tertiary/aromatic N) is 2. The molecular weight excluding hydrogens is 200 g/mol. The zero-order valence-corrected chi connectivity index (χ0v) is 8.04. The number of nitrogens with two attached hydrogens (primary N) is 1. The summed E-state index contributed by atoms with van der Waals surface area (Å²) in [5, 5.41) is 9.42. The topological polar surface area (TPSA) is 84.7 Å². The van der Waals surface area contributed by atoms with Crippen molar-refractivity contribution in [3.8, 4) is 0 Å². The van der Waals surface area contributed by atoms with Crippen molar-refractivity contribution in [2.24, 2.45) is 5.73 Å². The minimum absolute atomic E-state index is 0.108. The second-order valence-electron chi connectivity index (χ2n) is 2.74. The molecule has 1 amide bonds. The fourth-order valence-electron chi connectivity index (χ4n) is 1.07. The third-order valence-electron chi connectivity index (χ3n) is 1.69.